The number of anilines is 3. The zero-order chi connectivity index (χ0) is 20.4. The predicted octanol–water partition coefficient (Wildman–Crippen LogP) is 6.41. The number of fused-ring (bicyclic) bond motifs is 1. The van der Waals surface area contributed by atoms with Crippen LogP contribution in [0.3, 0.4) is 0 Å². The molecule has 0 amide bonds. The van der Waals surface area contributed by atoms with Gasteiger partial charge in [0.25, 0.3) is 0 Å². The van der Waals surface area contributed by atoms with Crippen LogP contribution in [-0.2, 0) is 0 Å². The van der Waals surface area contributed by atoms with Crippen LogP contribution >= 0.6 is 24.0 Å². The van der Waals surface area contributed by atoms with E-state index < -0.39 is 0 Å². The third kappa shape index (κ3) is 5.57. The Kier molecular flexibility index (Phi) is 7.12. The van der Waals surface area contributed by atoms with E-state index in [1.165, 1.54) is 11.1 Å². The number of benzene rings is 2. The number of pyridine rings is 1. The number of halogens is 2. The largest absolute Gasteiger partial charge is 0.371 e. The summed E-state index contributed by atoms with van der Waals surface area (Å²) in [4.78, 5) is 7.33. The third-order valence-electron chi connectivity index (χ3n) is 5.28. The molecule has 4 rings (SSSR count). The first kappa shape index (κ1) is 22.7. The molecule has 0 aliphatic carbocycles. The summed E-state index contributed by atoms with van der Waals surface area (Å²) < 4.78 is 0. The molecule has 2 aromatic carbocycles. The summed E-state index contributed by atoms with van der Waals surface area (Å²) in [6.45, 7) is 8.81. The summed E-state index contributed by atoms with van der Waals surface area (Å²) in [6.07, 6.45) is 2.29. The molecule has 0 saturated carbocycles. The van der Waals surface area contributed by atoms with Gasteiger partial charge in [-0.3, -0.25) is 0 Å². The average molecular weight is 445 g/mol. The van der Waals surface area contributed by atoms with E-state index in [1.807, 2.05) is 30.3 Å². The van der Waals surface area contributed by atoms with Crippen molar-refractivity contribution in [1.82, 2.24) is 10.3 Å². The minimum absolute atomic E-state index is 0. The lowest BCUT2D eigenvalue weighted by molar-refractivity contribution is 0.317. The van der Waals surface area contributed by atoms with Crippen molar-refractivity contribution >= 4 is 52.1 Å². The maximum absolute atomic E-state index is 6.02. The molecule has 160 valence electrons. The van der Waals surface area contributed by atoms with E-state index >= 15 is 0 Å². The van der Waals surface area contributed by atoms with Gasteiger partial charge < -0.3 is 15.5 Å². The quantitative estimate of drug-likeness (QED) is 0.487. The molecule has 6 heteroatoms. The number of hydrogen-bond donors (Lipinski definition) is 2. The molecule has 1 aliphatic heterocycles. The van der Waals surface area contributed by atoms with E-state index in [4.69, 9.17) is 16.6 Å². The van der Waals surface area contributed by atoms with Crippen molar-refractivity contribution in [2.45, 2.75) is 45.2 Å². The van der Waals surface area contributed by atoms with E-state index in [0.29, 0.717) is 6.04 Å². The van der Waals surface area contributed by atoms with Crippen molar-refractivity contribution in [1.29, 1.82) is 0 Å². The van der Waals surface area contributed by atoms with Gasteiger partial charge in [0.15, 0.2) is 0 Å². The summed E-state index contributed by atoms with van der Waals surface area (Å²) in [5.41, 5.74) is 3.40. The number of hydrogen-bond acceptors (Lipinski definition) is 4. The van der Waals surface area contributed by atoms with Crippen LogP contribution in [0.25, 0.3) is 10.9 Å². The average Bonchev–Trinajstić information content (AvgIpc) is 2.69. The fraction of sp³-hybridized carbons (Fsp3) is 0.375. The maximum Gasteiger partial charge on any atom is 0.133 e. The Balaban J connectivity index is 0.00000256. The number of para-hydroxylation sites is 1. The van der Waals surface area contributed by atoms with E-state index in [9.17, 15) is 0 Å². The third-order valence-corrected chi connectivity index (χ3v) is 5.54. The lowest BCUT2D eigenvalue weighted by Gasteiger charge is -2.37. The number of aromatic nitrogens is 1. The van der Waals surface area contributed by atoms with E-state index in [0.717, 1.165) is 48.0 Å². The van der Waals surface area contributed by atoms with Crippen molar-refractivity contribution in [3.8, 4) is 0 Å². The Labute approximate surface area is 190 Å². The number of rotatable bonds is 4. The van der Waals surface area contributed by atoms with Crippen molar-refractivity contribution in [3.05, 3.63) is 59.6 Å². The van der Waals surface area contributed by atoms with Gasteiger partial charge in [-0.25, -0.2) is 4.98 Å². The number of nitrogens with zero attached hydrogens (tertiary/aromatic N) is 2. The lowest BCUT2D eigenvalue weighted by Crippen LogP contribution is -2.49. The van der Waals surface area contributed by atoms with Gasteiger partial charge >= 0.3 is 0 Å². The van der Waals surface area contributed by atoms with Gasteiger partial charge in [0.1, 0.15) is 5.82 Å². The number of piperidine rings is 1. The topological polar surface area (TPSA) is 40.2 Å². The minimum Gasteiger partial charge on any atom is -0.371 e. The van der Waals surface area contributed by atoms with Crippen molar-refractivity contribution in [2.24, 2.45) is 0 Å². The zero-order valence-electron chi connectivity index (χ0n) is 17.8. The minimum atomic E-state index is 0. The van der Waals surface area contributed by atoms with Crippen LogP contribution in [0.2, 0.25) is 5.02 Å². The standard InChI is InChI=1S/C24H29ClN4.ClH/c1-24(2,3)28-19-12-14-29(15-13-19)22-16-23(26-18-10-8-17(25)9-11-18)27-21-7-5-4-6-20(21)22;/h4-11,16,19,28H,12-15H2,1-3H3,(H,26,27);1H. The molecular formula is C24H30Cl2N4. The normalized spacial score (nSPS) is 15.1. The molecule has 1 saturated heterocycles. The molecule has 1 aromatic heterocycles. The maximum atomic E-state index is 6.02. The van der Waals surface area contributed by atoms with Crippen LogP contribution < -0.4 is 15.5 Å². The Morgan fingerprint density at radius 2 is 1.67 bits per heavy atom. The molecule has 1 aliphatic rings. The first-order chi connectivity index (χ1) is 13.9. The van der Waals surface area contributed by atoms with E-state index in [1.54, 1.807) is 0 Å². The van der Waals surface area contributed by atoms with Crippen LogP contribution in [0.15, 0.2) is 54.6 Å². The van der Waals surface area contributed by atoms with Crippen LogP contribution in [0.1, 0.15) is 33.6 Å². The van der Waals surface area contributed by atoms with Gasteiger partial charge in [-0.2, -0.15) is 0 Å². The first-order valence-corrected chi connectivity index (χ1v) is 10.7. The predicted molar refractivity (Wildman–Crippen MR) is 132 cm³/mol. The van der Waals surface area contributed by atoms with Crippen LogP contribution in [0, 0.1) is 0 Å². The Hall–Kier alpha value is -2.01. The lowest BCUT2D eigenvalue weighted by atomic mass is 9.99. The molecule has 0 spiro atoms. The Morgan fingerprint density at radius 1 is 1.00 bits per heavy atom. The molecule has 1 fully saturated rings. The highest BCUT2D eigenvalue weighted by Crippen LogP contribution is 2.32. The van der Waals surface area contributed by atoms with Crippen molar-refractivity contribution in [2.75, 3.05) is 23.3 Å². The summed E-state index contributed by atoms with van der Waals surface area (Å²) in [7, 11) is 0. The van der Waals surface area contributed by atoms with E-state index in [-0.39, 0.29) is 17.9 Å². The van der Waals surface area contributed by atoms with Gasteiger partial charge in [-0.05, 0) is 63.9 Å². The molecule has 0 atom stereocenters. The smallest absolute Gasteiger partial charge is 0.133 e. The fourth-order valence-electron chi connectivity index (χ4n) is 4.04. The zero-order valence-corrected chi connectivity index (χ0v) is 19.4. The first-order valence-electron chi connectivity index (χ1n) is 10.3. The second-order valence-electron chi connectivity index (χ2n) is 8.83. The van der Waals surface area contributed by atoms with Crippen molar-refractivity contribution in [3.63, 3.8) is 0 Å². The van der Waals surface area contributed by atoms with Gasteiger partial charge in [0, 0.05) is 52.5 Å². The highest BCUT2D eigenvalue weighted by atomic mass is 35.5. The number of nitrogens with one attached hydrogen (secondary N) is 2. The Morgan fingerprint density at radius 3 is 2.33 bits per heavy atom. The highest BCUT2D eigenvalue weighted by molar-refractivity contribution is 6.30. The van der Waals surface area contributed by atoms with Gasteiger partial charge in [-0.1, -0.05) is 29.8 Å². The molecule has 30 heavy (non-hydrogen) atoms. The molecule has 4 nitrogen and oxygen atoms in total. The molecule has 0 radical (unpaired) electrons. The van der Waals surface area contributed by atoms with Crippen LogP contribution in [0.4, 0.5) is 17.2 Å². The molecule has 2 heterocycles. The molecule has 0 unspecified atom stereocenters. The van der Waals surface area contributed by atoms with E-state index in [2.05, 4.69) is 60.6 Å². The van der Waals surface area contributed by atoms with Gasteiger partial charge in [0.2, 0.25) is 0 Å². The summed E-state index contributed by atoms with van der Waals surface area (Å²) in [5.74, 6) is 0.857. The molecule has 3 aromatic rings. The highest BCUT2D eigenvalue weighted by Gasteiger charge is 2.24. The summed E-state index contributed by atoms with van der Waals surface area (Å²) >= 11 is 6.02. The van der Waals surface area contributed by atoms with Gasteiger partial charge in [-0.15, -0.1) is 12.4 Å². The van der Waals surface area contributed by atoms with Crippen LogP contribution in [-0.4, -0.2) is 29.7 Å². The monoisotopic (exact) mass is 444 g/mol. The second-order valence-corrected chi connectivity index (χ2v) is 9.27. The molecule has 2 N–H and O–H groups in total. The summed E-state index contributed by atoms with van der Waals surface area (Å²) in [5, 5.41) is 9.12. The van der Waals surface area contributed by atoms with Crippen LogP contribution in [0.5, 0.6) is 0 Å². The SMILES string of the molecule is CC(C)(C)NC1CCN(c2cc(Nc3ccc(Cl)cc3)nc3ccccc23)CC1.Cl. The summed E-state index contributed by atoms with van der Waals surface area (Å²) in [6, 6.07) is 18.9. The molecule has 0 bridgehead atoms. The fourth-order valence-corrected chi connectivity index (χ4v) is 4.17. The molecular weight excluding hydrogens is 415 g/mol. The van der Waals surface area contributed by atoms with Crippen molar-refractivity contribution < 1.29 is 0 Å². The van der Waals surface area contributed by atoms with Gasteiger partial charge in [0.05, 0.1) is 5.52 Å². The Bertz CT molecular complexity index is 975. The second kappa shape index (κ2) is 9.42.